The average molecular weight is 449 g/mol. The van der Waals surface area contributed by atoms with E-state index in [2.05, 4.69) is 5.32 Å². The molecule has 0 unspecified atom stereocenters. The first-order valence-corrected chi connectivity index (χ1v) is 11.2. The van der Waals surface area contributed by atoms with E-state index in [1.54, 1.807) is 14.0 Å². The van der Waals surface area contributed by atoms with Crippen LogP contribution >= 0.6 is 11.3 Å². The zero-order valence-electron chi connectivity index (χ0n) is 19.2. The minimum absolute atomic E-state index is 0.174. The summed E-state index contributed by atoms with van der Waals surface area (Å²) < 4.78 is 16.1. The molecule has 0 saturated heterocycles. The fourth-order valence-electron chi connectivity index (χ4n) is 3.16. The number of rotatable bonds is 11. The zero-order valence-corrected chi connectivity index (χ0v) is 20.0. The lowest BCUT2D eigenvalue weighted by molar-refractivity contribution is -0.117. The Kier molecular flexibility index (Phi) is 9.33. The minimum atomic E-state index is -0.409. The van der Waals surface area contributed by atoms with Crippen LogP contribution in [0.3, 0.4) is 0 Å². The zero-order chi connectivity index (χ0) is 23.0. The van der Waals surface area contributed by atoms with Crippen molar-refractivity contribution in [3.8, 4) is 11.5 Å². The number of nitrogens with zero attached hydrogens (tertiary/aromatic N) is 1. The van der Waals surface area contributed by atoms with Crippen LogP contribution in [0, 0.1) is 13.8 Å². The Balaban J connectivity index is 2.09. The van der Waals surface area contributed by atoms with Gasteiger partial charge in [0, 0.05) is 11.4 Å². The highest BCUT2D eigenvalue weighted by Gasteiger charge is 2.22. The highest BCUT2D eigenvalue weighted by molar-refractivity contribution is 7.16. The molecule has 2 aromatic rings. The molecule has 1 aromatic heterocycles. The maximum atomic E-state index is 12.7. The van der Waals surface area contributed by atoms with E-state index < -0.39 is 5.97 Å². The summed E-state index contributed by atoms with van der Waals surface area (Å²) in [4.78, 5) is 28.1. The van der Waals surface area contributed by atoms with Gasteiger partial charge < -0.3 is 19.5 Å². The van der Waals surface area contributed by atoms with E-state index in [1.807, 2.05) is 50.8 Å². The van der Waals surface area contributed by atoms with Crippen molar-refractivity contribution in [2.75, 3.05) is 38.7 Å². The van der Waals surface area contributed by atoms with Crippen LogP contribution in [0.2, 0.25) is 0 Å². The monoisotopic (exact) mass is 448 g/mol. The van der Waals surface area contributed by atoms with Gasteiger partial charge in [0.2, 0.25) is 5.91 Å². The molecule has 1 amide bonds. The molecule has 1 heterocycles. The predicted molar refractivity (Wildman–Crippen MR) is 123 cm³/mol. The third kappa shape index (κ3) is 6.45. The quantitative estimate of drug-likeness (QED) is 0.513. The van der Waals surface area contributed by atoms with Gasteiger partial charge in [-0.2, -0.15) is 0 Å². The standard InChI is InChI=1S/C23H32N2O5S/c1-7-25(13-17-10-11-18(29-8-2)19(12-17)28-6)14-20(26)24-22-21(23(27)30-9-3)15(4)16(5)31-22/h10-12H,7-9,13-14H2,1-6H3,(H,24,26). The minimum Gasteiger partial charge on any atom is -0.493 e. The topological polar surface area (TPSA) is 77.1 Å². The molecule has 0 aliphatic carbocycles. The molecule has 8 heteroatoms. The number of carbonyl (C=O) groups excluding carboxylic acids is 2. The average Bonchev–Trinajstić information content (AvgIpc) is 3.01. The van der Waals surface area contributed by atoms with Gasteiger partial charge in [0.05, 0.1) is 32.4 Å². The lowest BCUT2D eigenvalue weighted by Gasteiger charge is -2.20. The number of methoxy groups -OCH3 is 1. The molecule has 0 atom stereocenters. The number of hydrogen-bond donors (Lipinski definition) is 1. The first-order chi connectivity index (χ1) is 14.8. The summed E-state index contributed by atoms with van der Waals surface area (Å²) in [5.74, 6) is 0.785. The molecule has 1 N–H and O–H groups in total. The Morgan fingerprint density at radius 1 is 1.10 bits per heavy atom. The molecule has 0 saturated carbocycles. The van der Waals surface area contributed by atoms with E-state index in [4.69, 9.17) is 14.2 Å². The number of thiophene rings is 1. The summed E-state index contributed by atoms with van der Waals surface area (Å²) in [6, 6.07) is 5.78. The third-order valence-corrected chi connectivity index (χ3v) is 5.99. The van der Waals surface area contributed by atoms with Crippen molar-refractivity contribution in [2.24, 2.45) is 0 Å². The van der Waals surface area contributed by atoms with Gasteiger partial charge in [0.1, 0.15) is 5.00 Å². The molecule has 2 rings (SSSR count). The molecule has 0 aliphatic heterocycles. The third-order valence-electron chi connectivity index (χ3n) is 4.87. The van der Waals surface area contributed by atoms with Gasteiger partial charge in [-0.15, -0.1) is 11.3 Å². The first kappa shape index (κ1) is 24.7. The number of ether oxygens (including phenoxy) is 3. The number of amides is 1. The Morgan fingerprint density at radius 3 is 2.45 bits per heavy atom. The maximum absolute atomic E-state index is 12.7. The largest absolute Gasteiger partial charge is 0.493 e. The molecule has 170 valence electrons. The van der Waals surface area contributed by atoms with Gasteiger partial charge in [-0.25, -0.2) is 4.79 Å². The summed E-state index contributed by atoms with van der Waals surface area (Å²) in [5.41, 5.74) is 2.30. The van der Waals surface area contributed by atoms with Gasteiger partial charge in [-0.1, -0.05) is 13.0 Å². The molecular formula is C23H32N2O5S. The Morgan fingerprint density at radius 2 is 1.84 bits per heavy atom. The highest BCUT2D eigenvalue weighted by atomic mass is 32.1. The van der Waals surface area contributed by atoms with Crippen molar-refractivity contribution >= 4 is 28.2 Å². The summed E-state index contributed by atoms with van der Waals surface area (Å²) in [6.07, 6.45) is 0. The van der Waals surface area contributed by atoms with Crippen LogP contribution in [-0.2, 0) is 16.1 Å². The van der Waals surface area contributed by atoms with Crippen molar-refractivity contribution < 1.29 is 23.8 Å². The number of carbonyl (C=O) groups is 2. The van der Waals surface area contributed by atoms with Gasteiger partial charge in [-0.05, 0) is 57.5 Å². The van der Waals surface area contributed by atoms with Gasteiger partial charge in [0.25, 0.3) is 0 Å². The van der Waals surface area contributed by atoms with Crippen molar-refractivity contribution in [3.63, 3.8) is 0 Å². The Bertz CT molecular complexity index is 910. The predicted octanol–water partition coefficient (Wildman–Crippen LogP) is 4.41. The molecule has 0 fully saturated rings. The number of aryl methyl sites for hydroxylation is 1. The van der Waals surface area contributed by atoms with Crippen molar-refractivity contribution in [1.82, 2.24) is 4.90 Å². The second kappa shape index (κ2) is 11.7. The van der Waals surface area contributed by atoms with Crippen LogP contribution in [0.25, 0.3) is 0 Å². The lowest BCUT2D eigenvalue weighted by Crippen LogP contribution is -2.33. The molecular weight excluding hydrogens is 416 g/mol. The SMILES string of the molecule is CCOC(=O)c1c(NC(=O)CN(CC)Cc2ccc(OCC)c(OC)c2)sc(C)c1C. The van der Waals surface area contributed by atoms with E-state index in [9.17, 15) is 9.59 Å². The first-order valence-electron chi connectivity index (χ1n) is 10.4. The highest BCUT2D eigenvalue weighted by Crippen LogP contribution is 2.33. The van der Waals surface area contributed by atoms with Crippen molar-refractivity contribution in [3.05, 3.63) is 39.8 Å². The molecule has 0 radical (unpaired) electrons. The van der Waals surface area contributed by atoms with Crippen LogP contribution in [0.4, 0.5) is 5.00 Å². The second-order valence-corrected chi connectivity index (χ2v) is 8.20. The Hall–Kier alpha value is -2.58. The number of benzene rings is 1. The number of likely N-dealkylation sites (N-methyl/N-ethyl adjacent to an activating group) is 1. The van der Waals surface area contributed by atoms with Crippen LogP contribution in [0.15, 0.2) is 18.2 Å². The van der Waals surface area contributed by atoms with Crippen molar-refractivity contribution in [2.45, 2.75) is 41.2 Å². The summed E-state index contributed by atoms with van der Waals surface area (Å²) >= 11 is 1.39. The van der Waals surface area contributed by atoms with E-state index in [0.29, 0.717) is 41.8 Å². The number of anilines is 1. The molecule has 1 aromatic carbocycles. The number of hydrogen-bond acceptors (Lipinski definition) is 7. The molecule has 31 heavy (non-hydrogen) atoms. The molecule has 0 bridgehead atoms. The summed E-state index contributed by atoms with van der Waals surface area (Å²) in [7, 11) is 1.61. The Labute approximate surface area is 188 Å². The number of esters is 1. The van der Waals surface area contributed by atoms with E-state index in [0.717, 1.165) is 16.0 Å². The van der Waals surface area contributed by atoms with Gasteiger partial charge >= 0.3 is 5.97 Å². The van der Waals surface area contributed by atoms with Gasteiger partial charge in [-0.3, -0.25) is 9.69 Å². The summed E-state index contributed by atoms with van der Waals surface area (Å²) in [6.45, 7) is 11.8. The second-order valence-electron chi connectivity index (χ2n) is 6.98. The molecule has 7 nitrogen and oxygen atoms in total. The lowest BCUT2D eigenvalue weighted by atomic mass is 10.1. The van der Waals surface area contributed by atoms with E-state index in [-0.39, 0.29) is 19.1 Å². The van der Waals surface area contributed by atoms with Crippen LogP contribution in [0.1, 0.15) is 47.1 Å². The van der Waals surface area contributed by atoms with Crippen LogP contribution in [0.5, 0.6) is 11.5 Å². The van der Waals surface area contributed by atoms with Crippen molar-refractivity contribution in [1.29, 1.82) is 0 Å². The number of nitrogens with one attached hydrogen (secondary N) is 1. The van der Waals surface area contributed by atoms with Gasteiger partial charge in [0.15, 0.2) is 11.5 Å². The van der Waals surface area contributed by atoms with Crippen LogP contribution in [-0.4, -0.2) is 50.2 Å². The fourth-order valence-corrected chi connectivity index (χ4v) is 4.22. The molecule has 0 aliphatic rings. The van der Waals surface area contributed by atoms with E-state index >= 15 is 0 Å². The molecule has 0 spiro atoms. The summed E-state index contributed by atoms with van der Waals surface area (Å²) in [5, 5.41) is 3.44. The van der Waals surface area contributed by atoms with E-state index in [1.165, 1.54) is 11.3 Å². The fraction of sp³-hybridized carbons (Fsp3) is 0.478. The maximum Gasteiger partial charge on any atom is 0.341 e. The van der Waals surface area contributed by atoms with Crippen LogP contribution < -0.4 is 14.8 Å². The smallest absolute Gasteiger partial charge is 0.341 e. The normalized spacial score (nSPS) is 10.8.